The van der Waals surface area contributed by atoms with Crippen LogP contribution in [0.15, 0.2) is 57.3 Å². The van der Waals surface area contributed by atoms with Gasteiger partial charge in [-0.05, 0) is 57.7 Å². The van der Waals surface area contributed by atoms with Gasteiger partial charge in [-0.15, -0.1) is 0 Å². The summed E-state index contributed by atoms with van der Waals surface area (Å²) in [5, 5.41) is 2.85. The molecular formula is C25H33N5O2. The quantitative estimate of drug-likeness (QED) is 0.445. The second-order valence-corrected chi connectivity index (χ2v) is 7.63. The number of amides is 2. The van der Waals surface area contributed by atoms with Gasteiger partial charge in [0.2, 0.25) is 5.91 Å². The SMILES string of the molecule is C=N/C(C)=C(\C=C/C)NC(=O)c1ccc2c(c1)N=C(N)CC(C(=O)N(CCC)CCC)=C2. The second kappa shape index (κ2) is 11.8. The first-order valence-corrected chi connectivity index (χ1v) is 10.9. The largest absolute Gasteiger partial charge is 0.387 e. The lowest BCUT2D eigenvalue weighted by atomic mass is 10.0. The number of hydrogen-bond donors (Lipinski definition) is 2. The summed E-state index contributed by atoms with van der Waals surface area (Å²) in [4.78, 5) is 36.1. The minimum atomic E-state index is -0.292. The van der Waals surface area contributed by atoms with E-state index in [4.69, 9.17) is 5.73 Å². The summed E-state index contributed by atoms with van der Waals surface area (Å²) in [6.07, 6.45) is 7.47. The predicted octanol–water partition coefficient (Wildman–Crippen LogP) is 4.35. The van der Waals surface area contributed by atoms with Gasteiger partial charge in [-0.3, -0.25) is 14.6 Å². The van der Waals surface area contributed by atoms with Crippen molar-refractivity contribution in [3.05, 3.63) is 58.4 Å². The maximum Gasteiger partial charge on any atom is 0.255 e. The highest BCUT2D eigenvalue weighted by Crippen LogP contribution is 2.28. The molecule has 3 N–H and O–H groups in total. The maximum absolute atomic E-state index is 13.1. The van der Waals surface area contributed by atoms with Crippen LogP contribution in [0.2, 0.25) is 0 Å². The first kappa shape index (κ1) is 24.8. The number of nitrogens with two attached hydrogens (primary N) is 1. The number of carbonyl (C=O) groups excluding carboxylic acids is 2. The third-order valence-electron chi connectivity index (χ3n) is 5.02. The van der Waals surface area contributed by atoms with E-state index in [1.54, 1.807) is 31.2 Å². The van der Waals surface area contributed by atoms with Crippen molar-refractivity contribution in [1.82, 2.24) is 10.2 Å². The molecule has 1 aromatic carbocycles. The summed E-state index contributed by atoms with van der Waals surface area (Å²) in [6.45, 7) is 12.7. The summed E-state index contributed by atoms with van der Waals surface area (Å²) in [5.41, 5.74) is 9.68. The highest BCUT2D eigenvalue weighted by Gasteiger charge is 2.21. The molecule has 32 heavy (non-hydrogen) atoms. The molecule has 0 radical (unpaired) electrons. The first-order chi connectivity index (χ1) is 15.3. The van der Waals surface area contributed by atoms with Gasteiger partial charge in [0.25, 0.3) is 5.91 Å². The van der Waals surface area contributed by atoms with E-state index in [-0.39, 0.29) is 18.2 Å². The van der Waals surface area contributed by atoms with Crippen LogP contribution in [0.5, 0.6) is 0 Å². The molecule has 170 valence electrons. The van der Waals surface area contributed by atoms with Crippen molar-refractivity contribution in [3.8, 4) is 0 Å². The summed E-state index contributed by atoms with van der Waals surface area (Å²) < 4.78 is 0. The molecule has 1 heterocycles. The van der Waals surface area contributed by atoms with Crippen LogP contribution < -0.4 is 11.1 Å². The fraction of sp³-hybridized carbons (Fsp3) is 0.360. The Hall–Kier alpha value is -3.48. The predicted molar refractivity (Wildman–Crippen MR) is 132 cm³/mol. The molecule has 7 heteroatoms. The summed E-state index contributed by atoms with van der Waals surface area (Å²) >= 11 is 0. The Kier molecular flexibility index (Phi) is 9.13. The van der Waals surface area contributed by atoms with E-state index >= 15 is 0 Å². The number of hydrogen-bond acceptors (Lipinski definition) is 5. The Morgan fingerprint density at radius 3 is 2.56 bits per heavy atom. The number of nitrogens with zero attached hydrogens (tertiary/aromatic N) is 3. The van der Waals surface area contributed by atoms with Crippen LogP contribution in [0.4, 0.5) is 5.69 Å². The van der Waals surface area contributed by atoms with Gasteiger partial charge in [-0.25, -0.2) is 4.99 Å². The number of aliphatic imine (C=N–C) groups is 2. The fourth-order valence-corrected chi connectivity index (χ4v) is 3.43. The van der Waals surface area contributed by atoms with Crippen LogP contribution in [-0.4, -0.2) is 42.4 Å². The van der Waals surface area contributed by atoms with Crippen LogP contribution in [0.3, 0.4) is 0 Å². The van der Waals surface area contributed by atoms with Gasteiger partial charge in [0.05, 0.1) is 17.1 Å². The Bertz CT molecular complexity index is 996. The third-order valence-corrected chi connectivity index (χ3v) is 5.02. The molecule has 2 amide bonds. The zero-order valence-electron chi connectivity index (χ0n) is 19.4. The van der Waals surface area contributed by atoms with Crippen molar-refractivity contribution in [2.24, 2.45) is 15.7 Å². The van der Waals surface area contributed by atoms with Gasteiger partial charge in [-0.2, -0.15) is 0 Å². The van der Waals surface area contributed by atoms with Crippen molar-refractivity contribution in [2.45, 2.75) is 47.0 Å². The molecular weight excluding hydrogens is 402 g/mol. The monoisotopic (exact) mass is 435 g/mol. The maximum atomic E-state index is 13.1. The summed E-state index contributed by atoms with van der Waals surface area (Å²) in [5.74, 6) is 0.0318. The molecule has 0 atom stereocenters. The number of allylic oxidation sites excluding steroid dienone is 3. The Morgan fingerprint density at radius 2 is 1.97 bits per heavy atom. The van der Waals surface area contributed by atoms with E-state index in [1.165, 1.54) is 0 Å². The van der Waals surface area contributed by atoms with Gasteiger partial charge < -0.3 is 16.0 Å². The highest BCUT2D eigenvalue weighted by atomic mass is 16.2. The molecule has 0 bridgehead atoms. The van der Waals surface area contributed by atoms with Crippen molar-refractivity contribution < 1.29 is 9.59 Å². The van der Waals surface area contributed by atoms with Crippen LogP contribution >= 0.6 is 0 Å². The standard InChI is InChI=1S/C25H33N5O2/c1-6-9-21(17(4)27-5)29-24(31)19-11-10-18-14-20(16-23(26)28-22(18)15-19)25(32)30(12-7-2)13-8-3/h6,9-11,14-15H,5,7-8,12-13,16H2,1-4H3,(H2,26,28)(H,29,31)/b9-6-,21-17+. The molecule has 1 aliphatic rings. The topological polar surface area (TPSA) is 100 Å². The van der Waals surface area contributed by atoms with Gasteiger partial charge >= 0.3 is 0 Å². The highest BCUT2D eigenvalue weighted by molar-refractivity contribution is 6.06. The number of benzene rings is 1. The number of fused-ring (bicyclic) bond motifs is 1. The van der Waals surface area contributed by atoms with Crippen molar-refractivity contribution in [2.75, 3.05) is 13.1 Å². The molecule has 1 aliphatic heterocycles. The Balaban J connectivity index is 2.38. The van der Waals surface area contributed by atoms with Crippen LogP contribution in [0.25, 0.3) is 6.08 Å². The van der Waals surface area contributed by atoms with Crippen LogP contribution in [-0.2, 0) is 4.79 Å². The average molecular weight is 436 g/mol. The van der Waals surface area contributed by atoms with E-state index < -0.39 is 0 Å². The molecule has 0 saturated heterocycles. The first-order valence-electron chi connectivity index (χ1n) is 10.9. The zero-order valence-corrected chi connectivity index (χ0v) is 19.4. The van der Waals surface area contributed by atoms with Crippen molar-refractivity contribution in [1.29, 1.82) is 0 Å². The van der Waals surface area contributed by atoms with E-state index in [0.29, 0.717) is 47.1 Å². The van der Waals surface area contributed by atoms with Gasteiger partial charge in [0.1, 0.15) is 5.84 Å². The smallest absolute Gasteiger partial charge is 0.255 e. The molecule has 1 aromatic rings. The Morgan fingerprint density at radius 1 is 1.28 bits per heavy atom. The summed E-state index contributed by atoms with van der Waals surface area (Å²) in [7, 11) is 0. The minimum Gasteiger partial charge on any atom is -0.387 e. The molecule has 0 unspecified atom stereocenters. The van der Waals surface area contributed by atoms with E-state index in [0.717, 1.165) is 18.4 Å². The lowest BCUT2D eigenvalue weighted by Crippen LogP contribution is -2.34. The molecule has 7 nitrogen and oxygen atoms in total. The number of rotatable bonds is 9. The van der Waals surface area contributed by atoms with Crippen LogP contribution in [0, 0.1) is 0 Å². The zero-order chi connectivity index (χ0) is 23.7. The normalized spacial score (nSPS) is 14.0. The summed E-state index contributed by atoms with van der Waals surface area (Å²) in [6, 6.07) is 5.19. The number of amidine groups is 1. The molecule has 0 aliphatic carbocycles. The minimum absolute atomic E-state index is 0.0185. The lowest BCUT2D eigenvalue weighted by molar-refractivity contribution is -0.127. The average Bonchev–Trinajstić information content (AvgIpc) is 2.94. The third kappa shape index (κ3) is 6.26. The number of carbonyl (C=O) groups is 2. The van der Waals surface area contributed by atoms with Crippen molar-refractivity contribution in [3.63, 3.8) is 0 Å². The second-order valence-electron chi connectivity index (χ2n) is 7.63. The van der Waals surface area contributed by atoms with E-state index in [9.17, 15) is 9.59 Å². The van der Waals surface area contributed by atoms with E-state index in [2.05, 4.69) is 35.9 Å². The van der Waals surface area contributed by atoms with Crippen LogP contribution in [0.1, 0.15) is 62.9 Å². The molecule has 2 rings (SSSR count). The van der Waals surface area contributed by atoms with Gasteiger partial charge in [-0.1, -0.05) is 26.0 Å². The fourth-order valence-electron chi connectivity index (χ4n) is 3.43. The molecule has 0 saturated carbocycles. The molecule has 0 fully saturated rings. The lowest BCUT2D eigenvalue weighted by Gasteiger charge is -2.22. The molecule has 0 spiro atoms. The van der Waals surface area contributed by atoms with Gasteiger partial charge in [0, 0.05) is 36.2 Å². The van der Waals surface area contributed by atoms with E-state index in [1.807, 2.05) is 24.0 Å². The molecule has 0 aromatic heterocycles. The van der Waals surface area contributed by atoms with Crippen molar-refractivity contribution >= 4 is 36.1 Å². The Labute approximate surface area is 190 Å². The van der Waals surface area contributed by atoms with Gasteiger partial charge in [0.15, 0.2) is 0 Å². The number of nitrogens with one attached hydrogen (secondary N) is 1.